The van der Waals surface area contributed by atoms with E-state index in [9.17, 15) is 19.4 Å². The van der Waals surface area contributed by atoms with Crippen molar-refractivity contribution in [3.8, 4) is 23.0 Å². The fourth-order valence-electron chi connectivity index (χ4n) is 3.89. The molecule has 33 heavy (non-hydrogen) atoms. The van der Waals surface area contributed by atoms with Crippen LogP contribution in [0.15, 0.2) is 48.5 Å². The van der Waals surface area contributed by atoms with E-state index in [1.807, 2.05) is 24.3 Å². The highest BCUT2D eigenvalue weighted by molar-refractivity contribution is 5.98. The number of rotatable bonds is 7. The Morgan fingerprint density at radius 2 is 1.91 bits per heavy atom. The van der Waals surface area contributed by atoms with Gasteiger partial charge >= 0.3 is 5.97 Å². The number of carbonyl (C=O) groups is 1. The summed E-state index contributed by atoms with van der Waals surface area (Å²) in [5, 5.41) is 21.4. The Labute approximate surface area is 192 Å². The van der Waals surface area contributed by atoms with E-state index in [0.29, 0.717) is 11.5 Å². The minimum Gasteiger partial charge on any atom is -0.466 e. The minimum atomic E-state index is -1.13. The molecule has 0 aliphatic heterocycles. The van der Waals surface area contributed by atoms with Gasteiger partial charge in [0.25, 0.3) is 0 Å². The van der Waals surface area contributed by atoms with E-state index in [1.165, 1.54) is 12.1 Å². The molecular weight excluding hydrogens is 421 g/mol. The number of para-hydroxylation sites is 1. The van der Waals surface area contributed by atoms with Crippen LogP contribution in [0.2, 0.25) is 0 Å². The monoisotopic (exact) mass is 447 g/mol. The second-order valence-electron chi connectivity index (χ2n) is 8.23. The van der Waals surface area contributed by atoms with Gasteiger partial charge < -0.3 is 14.9 Å². The van der Waals surface area contributed by atoms with E-state index >= 15 is 0 Å². The van der Waals surface area contributed by atoms with Crippen molar-refractivity contribution >= 4 is 16.9 Å². The Hall–Kier alpha value is -3.27. The number of aromatic nitrogens is 1. The van der Waals surface area contributed by atoms with Crippen LogP contribution in [0.1, 0.15) is 49.8 Å². The number of carbonyl (C=O) groups excluding carboxylic acids is 1. The Kier molecular flexibility index (Phi) is 7.02. The van der Waals surface area contributed by atoms with E-state index in [-0.39, 0.29) is 25.3 Å². The van der Waals surface area contributed by atoms with Gasteiger partial charge in [-0.1, -0.05) is 42.2 Å². The van der Waals surface area contributed by atoms with Gasteiger partial charge in [0.2, 0.25) is 0 Å². The third kappa shape index (κ3) is 5.57. The number of esters is 1. The number of hydrogen-bond donors (Lipinski definition) is 2. The van der Waals surface area contributed by atoms with Crippen molar-refractivity contribution in [2.24, 2.45) is 0 Å². The smallest absolute Gasteiger partial charge is 0.308 e. The summed E-state index contributed by atoms with van der Waals surface area (Å²) >= 11 is 0. The molecule has 6 heteroatoms. The minimum absolute atomic E-state index is 0.0720. The fourth-order valence-corrected chi connectivity index (χ4v) is 3.89. The Balaban J connectivity index is 1.73. The predicted octanol–water partition coefficient (Wildman–Crippen LogP) is 4.33. The molecule has 1 aliphatic carbocycles. The topological polar surface area (TPSA) is 79.7 Å². The zero-order valence-electron chi connectivity index (χ0n) is 18.4. The quantitative estimate of drug-likeness (QED) is 0.416. The van der Waals surface area contributed by atoms with Crippen LogP contribution >= 0.6 is 0 Å². The van der Waals surface area contributed by atoms with Gasteiger partial charge in [0, 0.05) is 23.3 Å². The highest BCUT2D eigenvalue weighted by Gasteiger charge is 2.30. The maximum atomic E-state index is 13.6. The van der Waals surface area contributed by atoms with Crippen molar-refractivity contribution in [1.82, 2.24) is 4.98 Å². The van der Waals surface area contributed by atoms with Crippen LogP contribution in [0.5, 0.6) is 0 Å². The zero-order valence-corrected chi connectivity index (χ0v) is 18.4. The molecule has 170 valence electrons. The average molecular weight is 448 g/mol. The summed E-state index contributed by atoms with van der Waals surface area (Å²) in [6, 6.07) is 14.0. The Morgan fingerprint density at radius 3 is 2.61 bits per heavy atom. The Bertz CT molecular complexity index is 1210. The van der Waals surface area contributed by atoms with E-state index < -0.39 is 18.2 Å². The first-order chi connectivity index (χ1) is 16.0. The number of aliphatic hydroxyl groups is 2. The zero-order chi connectivity index (χ0) is 23.4. The number of benzene rings is 2. The summed E-state index contributed by atoms with van der Waals surface area (Å²) in [6.45, 7) is 1.93. The summed E-state index contributed by atoms with van der Waals surface area (Å²) in [5.74, 6) is 5.39. The normalized spacial score (nSPS) is 14.9. The molecule has 2 atom stereocenters. The molecule has 0 bridgehead atoms. The summed E-state index contributed by atoms with van der Waals surface area (Å²) in [5.41, 5.74) is 4.10. The van der Waals surface area contributed by atoms with Crippen LogP contribution in [0.3, 0.4) is 0 Å². The number of aliphatic hydroxyl groups excluding tert-OH is 2. The maximum absolute atomic E-state index is 13.6. The molecule has 0 amide bonds. The summed E-state index contributed by atoms with van der Waals surface area (Å²) < 4.78 is 18.5. The lowest BCUT2D eigenvalue weighted by Gasteiger charge is -2.15. The van der Waals surface area contributed by atoms with Crippen molar-refractivity contribution in [1.29, 1.82) is 0 Å². The van der Waals surface area contributed by atoms with Gasteiger partial charge in [0.15, 0.2) is 0 Å². The highest BCUT2D eigenvalue weighted by Crippen LogP contribution is 2.44. The van der Waals surface area contributed by atoms with Crippen LogP contribution in [-0.2, 0) is 9.53 Å². The molecule has 3 aromatic rings. The second kappa shape index (κ2) is 10.1. The van der Waals surface area contributed by atoms with Gasteiger partial charge in [0.1, 0.15) is 11.9 Å². The first-order valence-electron chi connectivity index (χ1n) is 11.2. The molecule has 1 fully saturated rings. The van der Waals surface area contributed by atoms with E-state index in [4.69, 9.17) is 9.72 Å². The van der Waals surface area contributed by atoms with Gasteiger partial charge in [-0.15, -0.1) is 0 Å². The molecule has 1 aromatic heterocycles. The van der Waals surface area contributed by atoms with E-state index in [1.54, 1.807) is 19.1 Å². The molecule has 1 heterocycles. The van der Waals surface area contributed by atoms with E-state index in [2.05, 4.69) is 11.8 Å². The molecular formula is C27H26FNO4. The van der Waals surface area contributed by atoms with Crippen molar-refractivity contribution in [2.75, 3.05) is 6.61 Å². The molecule has 1 aliphatic rings. The van der Waals surface area contributed by atoms with E-state index in [0.717, 1.165) is 40.6 Å². The van der Waals surface area contributed by atoms with Crippen LogP contribution in [-0.4, -0.2) is 40.0 Å². The molecule has 0 radical (unpaired) electrons. The average Bonchev–Trinajstić information content (AvgIpc) is 3.63. The number of hydrogen-bond acceptors (Lipinski definition) is 5. The predicted molar refractivity (Wildman–Crippen MR) is 124 cm³/mol. The first-order valence-corrected chi connectivity index (χ1v) is 11.2. The van der Waals surface area contributed by atoms with Gasteiger partial charge in [-0.3, -0.25) is 9.78 Å². The standard InChI is InChI=1S/C27H26FNO4/c1-2-33-25(32)16-21(31)15-20(30)13-14-23-26(17-9-11-19(28)12-10-17)22-5-3-4-6-24(22)29-27(23)18-7-8-18/h3-6,9-12,18,20-21,30-31H,2,7-8,15-16H2,1H3. The van der Waals surface area contributed by atoms with Gasteiger partial charge in [-0.25, -0.2) is 4.39 Å². The van der Waals surface area contributed by atoms with Crippen molar-refractivity contribution < 1.29 is 24.1 Å². The fraction of sp³-hybridized carbons (Fsp3) is 0.333. The van der Waals surface area contributed by atoms with Crippen LogP contribution in [0.4, 0.5) is 4.39 Å². The van der Waals surface area contributed by atoms with Crippen molar-refractivity contribution in [3.05, 3.63) is 65.6 Å². The maximum Gasteiger partial charge on any atom is 0.308 e. The van der Waals surface area contributed by atoms with Crippen LogP contribution < -0.4 is 0 Å². The largest absolute Gasteiger partial charge is 0.466 e. The number of pyridine rings is 1. The van der Waals surface area contributed by atoms with Gasteiger partial charge in [-0.2, -0.15) is 0 Å². The highest BCUT2D eigenvalue weighted by atomic mass is 19.1. The third-order valence-corrected chi connectivity index (χ3v) is 5.58. The SMILES string of the molecule is CCOC(=O)CC(O)CC(O)C#Cc1c(C2CC2)nc2ccccc2c1-c1ccc(F)cc1. The molecule has 2 aromatic carbocycles. The number of fused-ring (bicyclic) bond motifs is 1. The molecule has 5 nitrogen and oxygen atoms in total. The molecule has 2 unspecified atom stereocenters. The second-order valence-corrected chi connectivity index (χ2v) is 8.23. The van der Waals surface area contributed by atoms with Crippen molar-refractivity contribution in [3.63, 3.8) is 0 Å². The molecule has 0 spiro atoms. The summed E-state index contributed by atoms with van der Waals surface area (Å²) in [7, 11) is 0. The molecule has 2 N–H and O–H groups in total. The lowest BCUT2D eigenvalue weighted by atomic mass is 9.92. The summed E-state index contributed by atoms with van der Waals surface area (Å²) in [6.07, 6.45) is -0.417. The number of ether oxygens (including phenoxy) is 1. The number of halogens is 1. The van der Waals surface area contributed by atoms with Crippen molar-refractivity contribution in [2.45, 2.75) is 50.7 Å². The lowest BCUT2D eigenvalue weighted by Crippen LogP contribution is -2.21. The summed E-state index contributed by atoms with van der Waals surface area (Å²) in [4.78, 5) is 16.4. The van der Waals surface area contributed by atoms with Crippen LogP contribution in [0, 0.1) is 17.7 Å². The molecule has 1 saturated carbocycles. The molecule has 4 rings (SSSR count). The number of nitrogens with zero attached hydrogens (tertiary/aromatic N) is 1. The molecule has 0 saturated heterocycles. The Morgan fingerprint density at radius 1 is 1.18 bits per heavy atom. The third-order valence-electron chi connectivity index (χ3n) is 5.58. The van der Waals surface area contributed by atoms with Crippen LogP contribution in [0.25, 0.3) is 22.0 Å². The first kappa shape index (κ1) is 22.9. The van der Waals surface area contributed by atoms with Gasteiger partial charge in [0.05, 0.1) is 35.9 Å². The van der Waals surface area contributed by atoms with Gasteiger partial charge in [-0.05, 0) is 43.5 Å². The lowest BCUT2D eigenvalue weighted by molar-refractivity contribution is -0.145.